The third-order valence-corrected chi connectivity index (χ3v) is 6.81. The van der Waals surface area contributed by atoms with Crippen LogP contribution in [-0.2, 0) is 18.9 Å². The minimum absolute atomic E-state index is 0.0838. The van der Waals surface area contributed by atoms with Gasteiger partial charge in [-0.1, -0.05) is 6.42 Å². The van der Waals surface area contributed by atoms with Gasteiger partial charge in [-0.05, 0) is 32.1 Å². The van der Waals surface area contributed by atoms with Crippen LogP contribution in [0.4, 0.5) is 0 Å². The lowest BCUT2D eigenvalue weighted by Gasteiger charge is -2.44. The van der Waals surface area contributed by atoms with Crippen molar-refractivity contribution < 1.29 is 18.9 Å². The van der Waals surface area contributed by atoms with Crippen LogP contribution >= 0.6 is 0 Å². The number of nitriles is 1. The summed E-state index contributed by atoms with van der Waals surface area (Å²) in [6, 6.07) is 2.25. The smallest absolute Gasteiger partial charge is 0.169 e. The summed E-state index contributed by atoms with van der Waals surface area (Å²) < 4.78 is 25.9. The molecule has 0 aromatic carbocycles. The first kappa shape index (κ1) is 15.6. The number of nitrogens with zero attached hydrogens (tertiary/aromatic N) is 1. The van der Waals surface area contributed by atoms with E-state index in [2.05, 4.69) is 6.07 Å². The van der Waals surface area contributed by atoms with Gasteiger partial charge in [-0.25, -0.2) is 0 Å². The summed E-state index contributed by atoms with van der Waals surface area (Å²) in [5.41, 5.74) is -0.201. The summed E-state index contributed by atoms with van der Waals surface area (Å²) >= 11 is 0. The van der Waals surface area contributed by atoms with Gasteiger partial charge in [0.1, 0.15) is 6.10 Å². The maximum atomic E-state index is 8.86. The van der Waals surface area contributed by atoms with E-state index < -0.39 is 0 Å². The topological polar surface area (TPSA) is 60.7 Å². The van der Waals surface area contributed by atoms with Crippen LogP contribution < -0.4 is 0 Å². The Morgan fingerprint density at radius 2 is 1.79 bits per heavy atom. The molecule has 3 aliphatic heterocycles. The maximum Gasteiger partial charge on any atom is 0.169 e. The second-order valence-corrected chi connectivity index (χ2v) is 8.36. The predicted molar refractivity (Wildman–Crippen MR) is 85.1 cm³/mol. The van der Waals surface area contributed by atoms with Gasteiger partial charge in [-0.2, -0.15) is 5.26 Å². The molecule has 5 nitrogen and oxygen atoms in total. The molecule has 2 spiro atoms. The van der Waals surface area contributed by atoms with Crippen molar-refractivity contribution in [2.45, 2.75) is 113 Å². The molecule has 5 heteroatoms. The predicted octanol–water partition coefficient (Wildman–Crippen LogP) is 3.21. The summed E-state index contributed by atoms with van der Waals surface area (Å²) in [6.45, 7) is 0. The van der Waals surface area contributed by atoms with Gasteiger partial charge < -0.3 is 18.9 Å². The molecule has 1 unspecified atom stereocenters. The normalized spacial score (nSPS) is 48.7. The highest BCUT2D eigenvalue weighted by atomic mass is 16.8. The molecule has 3 saturated heterocycles. The Hall–Kier alpha value is -0.670. The summed E-state index contributed by atoms with van der Waals surface area (Å²) in [5, 5.41) is 8.86. The van der Waals surface area contributed by atoms with E-state index >= 15 is 0 Å². The average Bonchev–Trinajstić information content (AvgIpc) is 3.09. The van der Waals surface area contributed by atoms with E-state index in [9.17, 15) is 0 Å². The Labute approximate surface area is 143 Å². The van der Waals surface area contributed by atoms with Crippen LogP contribution in [-0.4, -0.2) is 41.9 Å². The molecule has 0 aromatic rings. The zero-order valence-electron chi connectivity index (χ0n) is 14.2. The van der Waals surface area contributed by atoms with Crippen molar-refractivity contribution >= 4 is 0 Å². The molecule has 0 aromatic heterocycles. The van der Waals surface area contributed by atoms with E-state index in [4.69, 9.17) is 24.2 Å². The van der Waals surface area contributed by atoms with E-state index in [-0.39, 0.29) is 41.9 Å². The van der Waals surface area contributed by atoms with Gasteiger partial charge in [0.05, 0.1) is 36.1 Å². The van der Waals surface area contributed by atoms with E-state index in [1.165, 1.54) is 19.3 Å². The molecule has 0 N–H and O–H groups in total. The van der Waals surface area contributed by atoms with Crippen molar-refractivity contribution in [2.75, 3.05) is 0 Å². The summed E-state index contributed by atoms with van der Waals surface area (Å²) in [6.07, 6.45) is 11.7. The molecule has 0 amide bonds. The molecule has 132 valence electrons. The SMILES string of the molecule is N#CCC[C@H]1CC[C@@H]2O[C@@H]3C[C@]2(C[C@H]2OC4(CCCCC4)OC32)O1. The summed E-state index contributed by atoms with van der Waals surface area (Å²) in [7, 11) is 0. The zero-order valence-corrected chi connectivity index (χ0v) is 14.2. The molecule has 24 heavy (non-hydrogen) atoms. The molecular weight excluding hydrogens is 306 g/mol. The van der Waals surface area contributed by atoms with Gasteiger partial charge in [0, 0.05) is 32.1 Å². The lowest BCUT2D eigenvalue weighted by molar-refractivity contribution is -0.215. The molecule has 6 atom stereocenters. The second-order valence-electron chi connectivity index (χ2n) is 8.36. The van der Waals surface area contributed by atoms with Crippen LogP contribution in [0, 0.1) is 11.3 Å². The highest BCUT2D eigenvalue weighted by Crippen LogP contribution is 2.55. The molecular formula is C19H27NO4. The monoisotopic (exact) mass is 333 g/mol. The van der Waals surface area contributed by atoms with Crippen LogP contribution in [0.1, 0.15) is 70.6 Å². The molecule has 0 radical (unpaired) electrons. The quantitative estimate of drug-likeness (QED) is 0.776. The Bertz CT molecular complexity index is 540. The Balaban J connectivity index is 1.33. The van der Waals surface area contributed by atoms with Gasteiger partial charge in [-0.3, -0.25) is 0 Å². The standard InChI is InChI=1S/C19H27NO4/c20-10-4-5-13-6-7-16-18(22-13)11-14(21-16)17-15(12-18)23-19(24-17)8-2-1-3-9-19/h13-17H,1-9,11-12H2/t13-,14+,15+,16-,17?,18+/m0/s1. The molecule has 2 saturated carbocycles. The van der Waals surface area contributed by atoms with E-state index in [1.54, 1.807) is 0 Å². The molecule has 5 fully saturated rings. The minimum Gasteiger partial charge on any atom is -0.369 e. The number of rotatable bonds is 2. The molecule has 2 aliphatic carbocycles. The van der Waals surface area contributed by atoms with E-state index in [0.717, 1.165) is 44.9 Å². The third kappa shape index (κ3) is 2.34. The average molecular weight is 333 g/mol. The van der Waals surface area contributed by atoms with Crippen LogP contribution in [0.3, 0.4) is 0 Å². The fourth-order valence-electron chi connectivity index (χ4n) is 5.76. The number of fused-ring (bicyclic) bond motifs is 3. The van der Waals surface area contributed by atoms with Crippen molar-refractivity contribution in [1.82, 2.24) is 0 Å². The van der Waals surface area contributed by atoms with Gasteiger partial charge in [0.2, 0.25) is 0 Å². The highest BCUT2D eigenvalue weighted by Gasteiger charge is 2.65. The summed E-state index contributed by atoms with van der Waals surface area (Å²) in [4.78, 5) is 0. The van der Waals surface area contributed by atoms with Crippen LogP contribution in [0.2, 0.25) is 0 Å². The highest BCUT2D eigenvalue weighted by molar-refractivity contribution is 5.12. The Morgan fingerprint density at radius 1 is 0.958 bits per heavy atom. The van der Waals surface area contributed by atoms with E-state index in [1.807, 2.05) is 0 Å². The molecule has 3 heterocycles. The fourth-order valence-corrected chi connectivity index (χ4v) is 5.76. The number of hydrogen-bond acceptors (Lipinski definition) is 5. The van der Waals surface area contributed by atoms with Crippen molar-refractivity contribution in [3.05, 3.63) is 0 Å². The van der Waals surface area contributed by atoms with Gasteiger partial charge in [0.15, 0.2) is 5.79 Å². The number of ether oxygens (including phenoxy) is 4. The van der Waals surface area contributed by atoms with Gasteiger partial charge in [-0.15, -0.1) is 0 Å². The first-order valence-corrected chi connectivity index (χ1v) is 9.78. The lowest BCUT2D eigenvalue weighted by atomic mass is 9.76. The fraction of sp³-hybridized carbons (Fsp3) is 0.947. The molecule has 5 aliphatic rings. The largest absolute Gasteiger partial charge is 0.369 e. The Kier molecular flexibility index (Phi) is 3.68. The van der Waals surface area contributed by atoms with Gasteiger partial charge in [0.25, 0.3) is 0 Å². The maximum absolute atomic E-state index is 8.86. The van der Waals surface area contributed by atoms with Crippen LogP contribution in [0.5, 0.6) is 0 Å². The van der Waals surface area contributed by atoms with Crippen LogP contribution in [0.25, 0.3) is 0 Å². The summed E-state index contributed by atoms with van der Waals surface area (Å²) in [5.74, 6) is -0.345. The van der Waals surface area contributed by atoms with Crippen molar-refractivity contribution in [2.24, 2.45) is 0 Å². The number of hydrogen-bond donors (Lipinski definition) is 0. The molecule has 2 bridgehead atoms. The molecule has 5 rings (SSSR count). The minimum atomic E-state index is -0.345. The first-order chi connectivity index (χ1) is 11.7. The lowest BCUT2D eigenvalue weighted by Crippen LogP contribution is -2.53. The van der Waals surface area contributed by atoms with Crippen molar-refractivity contribution in [3.8, 4) is 6.07 Å². The van der Waals surface area contributed by atoms with Crippen molar-refractivity contribution in [3.63, 3.8) is 0 Å². The second kappa shape index (κ2) is 5.67. The third-order valence-electron chi connectivity index (χ3n) is 6.81. The zero-order chi connectivity index (χ0) is 16.2. The van der Waals surface area contributed by atoms with Crippen LogP contribution in [0.15, 0.2) is 0 Å². The van der Waals surface area contributed by atoms with Crippen molar-refractivity contribution in [1.29, 1.82) is 5.26 Å². The first-order valence-electron chi connectivity index (χ1n) is 9.78. The Morgan fingerprint density at radius 3 is 2.62 bits per heavy atom. The van der Waals surface area contributed by atoms with E-state index in [0.29, 0.717) is 6.42 Å². The van der Waals surface area contributed by atoms with Gasteiger partial charge >= 0.3 is 0 Å².